The van der Waals surface area contributed by atoms with Gasteiger partial charge in [-0.1, -0.05) is 28.9 Å². The average Bonchev–Trinajstić information content (AvgIpc) is 2.50. The van der Waals surface area contributed by atoms with E-state index in [1.54, 1.807) is 0 Å². The Labute approximate surface area is 94.1 Å². The van der Waals surface area contributed by atoms with Crippen molar-refractivity contribution in [3.8, 4) is 0 Å². The predicted octanol–water partition coefficient (Wildman–Crippen LogP) is 3.67. The number of alkyl halides is 1. The molecule has 0 saturated heterocycles. The quantitative estimate of drug-likeness (QED) is 0.697. The minimum Gasteiger partial charge on any atom is -0.261 e. The minimum atomic E-state index is 0.689. The van der Waals surface area contributed by atoms with E-state index in [-0.39, 0.29) is 0 Å². The SMILES string of the molecule is Cc1ccc(C2CCC(Br)C2C)cn1. The molecule has 0 radical (unpaired) electrons. The van der Waals surface area contributed by atoms with E-state index >= 15 is 0 Å². The third-order valence-corrected chi connectivity index (χ3v) is 4.61. The lowest BCUT2D eigenvalue weighted by molar-refractivity contribution is 0.543. The highest BCUT2D eigenvalue weighted by molar-refractivity contribution is 9.09. The maximum atomic E-state index is 4.37. The van der Waals surface area contributed by atoms with Crippen LogP contribution in [0.15, 0.2) is 18.3 Å². The number of hydrogen-bond donors (Lipinski definition) is 0. The van der Waals surface area contributed by atoms with Crippen molar-refractivity contribution in [2.45, 2.75) is 37.4 Å². The molecule has 1 heterocycles. The van der Waals surface area contributed by atoms with Crippen LogP contribution in [0.5, 0.6) is 0 Å². The van der Waals surface area contributed by atoms with Crippen molar-refractivity contribution < 1.29 is 0 Å². The number of pyridine rings is 1. The van der Waals surface area contributed by atoms with Gasteiger partial charge in [-0.2, -0.15) is 0 Å². The van der Waals surface area contributed by atoms with Gasteiger partial charge in [-0.05, 0) is 43.2 Å². The van der Waals surface area contributed by atoms with Crippen LogP contribution in [0.1, 0.15) is 36.9 Å². The zero-order valence-corrected chi connectivity index (χ0v) is 10.3. The summed E-state index contributed by atoms with van der Waals surface area (Å²) in [6, 6.07) is 4.35. The van der Waals surface area contributed by atoms with Crippen LogP contribution in [-0.2, 0) is 0 Å². The standard InChI is InChI=1S/C12H16BrN/c1-8-3-4-10(7-14-8)11-5-6-12(13)9(11)2/h3-4,7,9,11-12H,5-6H2,1-2H3. The molecule has 1 aliphatic carbocycles. The summed E-state index contributed by atoms with van der Waals surface area (Å²) in [5.74, 6) is 1.44. The molecule has 1 aromatic heterocycles. The maximum Gasteiger partial charge on any atom is 0.0372 e. The summed E-state index contributed by atoms with van der Waals surface area (Å²) in [4.78, 5) is 5.06. The van der Waals surface area contributed by atoms with Crippen molar-refractivity contribution in [1.82, 2.24) is 4.98 Å². The van der Waals surface area contributed by atoms with Gasteiger partial charge in [0, 0.05) is 16.7 Å². The molecule has 1 aliphatic rings. The first-order chi connectivity index (χ1) is 6.68. The van der Waals surface area contributed by atoms with Crippen LogP contribution in [0, 0.1) is 12.8 Å². The topological polar surface area (TPSA) is 12.9 Å². The van der Waals surface area contributed by atoms with E-state index < -0.39 is 0 Å². The largest absolute Gasteiger partial charge is 0.261 e. The van der Waals surface area contributed by atoms with E-state index in [1.165, 1.54) is 18.4 Å². The van der Waals surface area contributed by atoms with Crippen molar-refractivity contribution in [3.05, 3.63) is 29.6 Å². The van der Waals surface area contributed by atoms with Crippen molar-refractivity contribution in [2.75, 3.05) is 0 Å². The molecule has 3 unspecified atom stereocenters. The summed E-state index contributed by atoms with van der Waals surface area (Å²) < 4.78 is 0. The second kappa shape index (κ2) is 4.01. The van der Waals surface area contributed by atoms with Gasteiger partial charge in [0.15, 0.2) is 0 Å². The lowest BCUT2D eigenvalue weighted by atomic mass is 9.91. The van der Waals surface area contributed by atoms with Gasteiger partial charge in [0.25, 0.3) is 0 Å². The van der Waals surface area contributed by atoms with Crippen molar-refractivity contribution >= 4 is 15.9 Å². The Bertz CT molecular complexity index is 307. The van der Waals surface area contributed by atoms with Crippen LogP contribution in [0.4, 0.5) is 0 Å². The van der Waals surface area contributed by atoms with Gasteiger partial charge in [-0.25, -0.2) is 0 Å². The second-order valence-corrected chi connectivity index (χ2v) is 5.47. The van der Waals surface area contributed by atoms with Crippen LogP contribution in [0.25, 0.3) is 0 Å². The number of rotatable bonds is 1. The molecule has 1 aromatic rings. The Morgan fingerprint density at radius 2 is 2.14 bits per heavy atom. The maximum absolute atomic E-state index is 4.37. The Kier molecular flexibility index (Phi) is 2.91. The fourth-order valence-electron chi connectivity index (χ4n) is 2.29. The van der Waals surface area contributed by atoms with E-state index in [1.807, 2.05) is 13.1 Å². The first-order valence-electron chi connectivity index (χ1n) is 5.25. The summed E-state index contributed by atoms with van der Waals surface area (Å²) in [5, 5.41) is 0. The van der Waals surface area contributed by atoms with Crippen LogP contribution < -0.4 is 0 Å². The molecule has 1 nitrogen and oxygen atoms in total. The van der Waals surface area contributed by atoms with Crippen LogP contribution in [0.3, 0.4) is 0 Å². The molecule has 0 bridgehead atoms. The Morgan fingerprint density at radius 1 is 1.36 bits per heavy atom. The highest BCUT2D eigenvalue weighted by atomic mass is 79.9. The Hall–Kier alpha value is -0.370. The monoisotopic (exact) mass is 253 g/mol. The Balaban J connectivity index is 2.19. The molecule has 1 saturated carbocycles. The molecule has 14 heavy (non-hydrogen) atoms. The number of hydrogen-bond acceptors (Lipinski definition) is 1. The van der Waals surface area contributed by atoms with Gasteiger partial charge in [0.05, 0.1) is 0 Å². The van der Waals surface area contributed by atoms with Crippen molar-refractivity contribution in [3.63, 3.8) is 0 Å². The number of nitrogens with zero attached hydrogens (tertiary/aromatic N) is 1. The minimum absolute atomic E-state index is 0.689. The molecule has 0 spiro atoms. The summed E-state index contributed by atoms with van der Waals surface area (Å²) in [6.07, 6.45) is 4.63. The molecule has 2 heteroatoms. The van der Waals surface area contributed by atoms with E-state index in [2.05, 4.69) is 40.0 Å². The normalized spacial score (nSPS) is 32.1. The van der Waals surface area contributed by atoms with E-state index in [4.69, 9.17) is 0 Å². The first kappa shape index (κ1) is 10.2. The van der Waals surface area contributed by atoms with Crippen LogP contribution in [-0.4, -0.2) is 9.81 Å². The van der Waals surface area contributed by atoms with Crippen LogP contribution in [0.2, 0.25) is 0 Å². The zero-order chi connectivity index (χ0) is 10.1. The fourth-order valence-corrected chi connectivity index (χ4v) is 2.92. The molecule has 2 rings (SSSR count). The zero-order valence-electron chi connectivity index (χ0n) is 8.70. The highest BCUT2D eigenvalue weighted by Crippen LogP contribution is 2.42. The molecular weight excluding hydrogens is 238 g/mol. The predicted molar refractivity (Wildman–Crippen MR) is 62.8 cm³/mol. The smallest absolute Gasteiger partial charge is 0.0372 e. The second-order valence-electron chi connectivity index (χ2n) is 4.29. The van der Waals surface area contributed by atoms with Gasteiger partial charge in [0.2, 0.25) is 0 Å². The summed E-state index contributed by atoms with van der Waals surface area (Å²) in [6.45, 7) is 4.37. The molecule has 0 amide bonds. The van der Waals surface area contributed by atoms with Crippen molar-refractivity contribution in [2.24, 2.45) is 5.92 Å². The van der Waals surface area contributed by atoms with Gasteiger partial charge in [-0.15, -0.1) is 0 Å². The number of halogens is 1. The van der Waals surface area contributed by atoms with Crippen LogP contribution >= 0.6 is 15.9 Å². The van der Waals surface area contributed by atoms with E-state index in [9.17, 15) is 0 Å². The van der Waals surface area contributed by atoms with E-state index in [0.29, 0.717) is 10.7 Å². The molecule has 3 atom stereocenters. The van der Waals surface area contributed by atoms with Gasteiger partial charge < -0.3 is 0 Å². The lowest BCUT2D eigenvalue weighted by Crippen LogP contribution is -2.09. The third kappa shape index (κ3) is 1.85. The fraction of sp³-hybridized carbons (Fsp3) is 0.583. The average molecular weight is 254 g/mol. The molecule has 0 aliphatic heterocycles. The van der Waals surface area contributed by atoms with Crippen molar-refractivity contribution in [1.29, 1.82) is 0 Å². The number of aryl methyl sites for hydroxylation is 1. The number of aromatic nitrogens is 1. The molecule has 0 aromatic carbocycles. The van der Waals surface area contributed by atoms with E-state index in [0.717, 1.165) is 11.6 Å². The molecule has 76 valence electrons. The third-order valence-electron chi connectivity index (χ3n) is 3.32. The molecule has 0 N–H and O–H groups in total. The lowest BCUT2D eigenvalue weighted by Gasteiger charge is -2.17. The molecule has 1 fully saturated rings. The Morgan fingerprint density at radius 3 is 2.64 bits per heavy atom. The summed E-state index contributed by atoms with van der Waals surface area (Å²) in [7, 11) is 0. The van der Waals surface area contributed by atoms with Gasteiger partial charge in [0.1, 0.15) is 0 Å². The summed E-state index contributed by atoms with van der Waals surface area (Å²) in [5.41, 5.74) is 2.51. The highest BCUT2D eigenvalue weighted by Gasteiger charge is 2.31. The van der Waals surface area contributed by atoms with Gasteiger partial charge >= 0.3 is 0 Å². The summed E-state index contributed by atoms with van der Waals surface area (Å²) >= 11 is 3.74. The van der Waals surface area contributed by atoms with Gasteiger partial charge in [-0.3, -0.25) is 4.98 Å². The molecular formula is C12H16BrN. The first-order valence-corrected chi connectivity index (χ1v) is 6.16.